The SMILES string of the molecule is O=C(NC[C@H](NC(=O)c1c(Cl)cc(C(=O)NCc2cccc(O)c2)cc1Cl)C(=O)O)C1=C(Cl)CCS1. The van der Waals surface area contributed by atoms with Gasteiger partial charge in [0.15, 0.2) is 0 Å². The number of phenolic OH excluding ortho intramolecular Hbond substituents is 1. The van der Waals surface area contributed by atoms with Gasteiger partial charge in [-0.2, -0.15) is 0 Å². The number of benzene rings is 2. The maximum atomic E-state index is 12.8. The van der Waals surface area contributed by atoms with Crippen LogP contribution in [0.25, 0.3) is 0 Å². The van der Waals surface area contributed by atoms with Gasteiger partial charge in [0, 0.05) is 29.4 Å². The summed E-state index contributed by atoms with van der Waals surface area (Å²) in [4.78, 5) is 49.5. The highest BCUT2D eigenvalue weighted by molar-refractivity contribution is 8.04. The quantitative estimate of drug-likeness (QED) is 0.309. The molecule has 9 nitrogen and oxygen atoms in total. The predicted molar refractivity (Wildman–Crippen MR) is 138 cm³/mol. The third-order valence-corrected chi connectivity index (χ3v) is 7.20. The van der Waals surface area contributed by atoms with Crippen molar-refractivity contribution in [3.63, 3.8) is 0 Å². The number of hydrogen-bond acceptors (Lipinski definition) is 6. The number of rotatable bonds is 9. The van der Waals surface area contributed by atoms with Crippen LogP contribution in [0.5, 0.6) is 5.75 Å². The minimum atomic E-state index is -1.48. The average Bonchev–Trinajstić information content (AvgIpc) is 3.25. The van der Waals surface area contributed by atoms with Crippen molar-refractivity contribution in [3.05, 3.63) is 73.1 Å². The van der Waals surface area contributed by atoms with Gasteiger partial charge in [-0.3, -0.25) is 14.4 Å². The van der Waals surface area contributed by atoms with Crippen LogP contribution in [0.1, 0.15) is 32.7 Å². The molecule has 0 aromatic heterocycles. The van der Waals surface area contributed by atoms with Crippen LogP contribution in [0.2, 0.25) is 10.0 Å². The maximum Gasteiger partial charge on any atom is 0.328 e. The first-order valence-corrected chi connectivity index (χ1v) is 12.6. The number of thioether (sulfide) groups is 1. The van der Waals surface area contributed by atoms with Gasteiger partial charge in [0.2, 0.25) is 0 Å². The zero-order valence-corrected chi connectivity index (χ0v) is 21.5. The van der Waals surface area contributed by atoms with E-state index in [1.165, 1.54) is 36.0 Å². The number of hydrogen-bond donors (Lipinski definition) is 5. The second-order valence-electron chi connectivity index (χ2n) is 7.57. The molecule has 1 aliphatic rings. The molecule has 0 spiro atoms. The molecule has 0 bridgehead atoms. The van der Waals surface area contributed by atoms with Crippen molar-refractivity contribution >= 4 is 70.3 Å². The summed E-state index contributed by atoms with van der Waals surface area (Å²) in [5.74, 6) is -2.63. The molecule has 3 amide bonds. The van der Waals surface area contributed by atoms with Gasteiger partial charge >= 0.3 is 5.97 Å². The first-order valence-electron chi connectivity index (χ1n) is 10.4. The van der Waals surface area contributed by atoms with Crippen LogP contribution >= 0.6 is 46.6 Å². The monoisotopic (exact) mass is 571 g/mol. The van der Waals surface area contributed by atoms with E-state index >= 15 is 0 Å². The lowest BCUT2D eigenvalue weighted by Gasteiger charge is -2.17. The lowest BCUT2D eigenvalue weighted by Crippen LogP contribution is -2.48. The maximum absolute atomic E-state index is 12.8. The molecule has 0 saturated carbocycles. The van der Waals surface area contributed by atoms with Crippen molar-refractivity contribution in [1.82, 2.24) is 16.0 Å². The molecule has 5 N–H and O–H groups in total. The molecule has 0 fully saturated rings. The van der Waals surface area contributed by atoms with Crippen molar-refractivity contribution in [1.29, 1.82) is 0 Å². The molecule has 1 aliphatic heterocycles. The van der Waals surface area contributed by atoms with Gasteiger partial charge in [-0.25, -0.2) is 4.79 Å². The lowest BCUT2D eigenvalue weighted by molar-refractivity contribution is -0.139. The van der Waals surface area contributed by atoms with E-state index in [1.54, 1.807) is 12.1 Å². The van der Waals surface area contributed by atoms with E-state index in [0.29, 0.717) is 27.7 Å². The summed E-state index contributed by atoms with van der Waals surface area (Å²) in [5.41, 5.74) is 0.508. The Hall–Kier alpha value is -2.92. The van der Waals surface area contributed by atoms with E-state index in [0.717, 1.165) is 0 Å². The molecule has 0 radical (unpaired) electrons. The highest BCUT2D eigenvalue weighted by atomic mass is 35.5. The number of aromatic hydroxyl groups is 1. The Kier molecular flexibility index (Phi) is 9.49. The fourth-order valence-corrected chi connectivity index (χ4v) is 5.29. The third-order valence-electron chi connectivity index (χ3n) is 4.99. The van der Waals surface area contributed by atoms with Gasteiger partial charge in [-0.1, -0.05) is 46.9 Å². The van der Waals surface area contributed by atoms with E-state index < -0.39 is 36.3 Å². The number of allylic oxidation sites excluding steroid dienone is 1. The molecule has 1 heterocycles. The third kappa shape index (κ3) is 7.07. The molecule has 2 aromatic carbocycles. The molecule has 36 heavy (non-hydrogen) atoms. The fourth-order valence-electron chi connectivity index (χ4n) is 3.20. The summed E-state index contributed by atoms with van der Waals surface area (Å²) in [6, 6.07) is 7.31. The highest BCUT2D eigenvalue weighted by Crippen LogP contribution is 2.33. The number of carboxylic acids is 1. The van der Waals surface area contributed by atoms with Crippen molar-refractivity contribution in [2.24, 2.45) is 0 Å². The first-order chi connectivity index (χ1) is 17.1. The number of phenols is 1. The number of carbonyl (C=O) groups excluding carboxylic acids is 3. The smallest absolute Gasteiger partial charge is 0.328 e. The molecule has 0 saturated heterocycles. The molecule has 3 rings (SSSR count). The van der Waals surface area contributed by atoms with Crippen molar-refractivity contribution < 1.29 is 29.4 Å². The largest absolute Gasteiger partial charge is 0.508 e. The second-order valence-corrected chi connectivity index (χ2v) is 9.95. The summed E-state index contributed by atoms with van der Waals surface area (Å²) in [6.45, 7) is -0.282. The van der Waals surface area contributed by atoms with Gasteiger partial charge in [0.05, 0.1) is 20.5 Å². The molecule has 0 unspecified atom stereocenters. The number of amides is 3. The van der Waals surface area contributed by atoms with Gasteiger partial charge < -0.3 is 26.2 Å². The minimum absolute atomic E-state index is 0.0562. The summed E-state index contributed by atoms with van der Waals surface area (Å²) in [7, 11) is 0. The zero-order valence-electron chi connectivity index (χ0n) is 18.4. The molecular weight excluding hydrogens is 553 g/mol. The Morgan fingerprint density at radius 3 is 2.25 bits per heavy atom. The predicted octanol–water partition coefficient (Wildman–Crippen LogP) is 3.52. The van der Waals surface area contributed by atoms with Gasteiger partial charge in [0.1, 0.15) is 11.8 Å². The van der Waals surface area contributed by atoms with Crippen LogP contribution in [-0.4, -0.2) is 52.2 Å². The Morgan fingerprint density at radius 2 is 1.67 bits per heavy atom. The Bertz CT molecular complexity index is 1230. The molecule has 2 aromatic rings. The van der Waals surface area contributed by atoms with Gasteiger partial charge in [-0.05, 0) is 36.2 Å². The van der Waals surface area contributed by atoms with Gasteiger partial charge in [-0.15, -0.1) is 11.8 Å². The van der Waals surface area contributed by atoms with Crippen LogP contribution < -0.4 is 16.0 Å². The van der Waals surface area contributed by atoms with Crippen LogP contribution in [0.15, 0.2) is 46.3 Å². The Morgan fingerprint density at radius 1 is 0.972 bits per heavy atom. The molecular formula is C23H20Cl3N3O6S. The topological polar surface area (TPSA) is 145 Å². The molecule has 1 atom stereocenters. The van der Waals surface area contributed by atoms with E-state index in [1.807, 2.05) is 0 Å². The summed E-state index contributed by atoms with van der Waals surface area (Å²) in [5, 5.41) is 26.4. The van der Waals surface area contributed by atoms with Crippen LogP contribution in [0.3, 0.4) is 0 Å². The van der Waals surface area contributed by atoms with Crippen molar-refractivity contribution in [2.75, 3.05) is 12.3 Å². The fraction of sp³-hybridized carbons (Fsp3) is 0.217. The number of aliphatic carboxylic acids is 1. The van der Waals surface area contributed by atoms with Crippen LogP contribution in [0, 0.1) is 0 Å². The summed E-state index contributed by atoms with van der Waals surface area (Å²) >= 11 is 19.7. The number of halogens is 3. The lowest BCUT2D eigenvalue weighted by atomic mass is 10.1. The van der Waals surface area contributed by atoms with E-state index in [9.17, 15) is 29.4 Å². The number of nitrogens with one attached hydrogen (secondary N) is 3. The zero-order chi connectivity index (χ0) is 26.4. The van der Waals surface area contributed by atoms with Crippen LogP contribution in [-0.2, 0) is 16.1 Å². The second kappa shape index (κ2) is 12.4. The first kappa shape index (κ1) is 27.7. The van der Waals surface area contributed by atoms with E-state index in [4.69, 9.17) is 34.8 Å². The molecule has 190 valence electrons. The van der Waals surface area contributed by atoms with E-state index in [-0.39, 0.29) is 33.5 Å². The Labute approximate surface area is 225 Å². The molecule has 13 heteroatoms. The minimum Gasteiger partial charge on any atom is -0.508 e. The van der Waals surface area contributed by atoms with Gasteiger partial charge in [0.25, 0.3) is 17.7 Å². The average molecular weight is 573 g/mol. The standard InChI is InChI=1S/C23H20Cl3N3O6S/c24-14-4-5-36-19(14)22(33)28-10-17(23(34)35)29-21(32)18-15(25)7-12(8-16(18)26)20(31)27-9-11-2-1-3-13(30)6-11/h1-3,6-8,17,30H,4-5,9-10H2,(H,27,31)(H,28,33)(H,29,32)(H,34,35)/t17-/m0/s1. The molecule has 0 aliphatic carbocycles. The normalized spacial score (nSPS) is 13.8. The number of carboxylic acid groups (broad SMARTS) is 1. The summed E-state index contributed by atoms with van der Waals surface area (Å²) in [6.07, 6.45) is 0.551. The van der Waals surface area contributed by atoms with Crippen molar-refractivity contribution in [2.45, 2.75) is 19.0 Å². The van der Waals surface area contributed by atoms with E-state index in [2.05, 4.69) is 16.0 Å². The van der Waals surface area contributed by atoms with Crippen LogP contribution in [0.4, 0.5) is 0 Å². The number of carbonyl (C=O) groups is 4. The highest BCUT2D eigenvalue weighted by Gasteiger charge is 2.27. The summed E-state index contributed by atoms with van der Waals surface area (Å²) < 4.78 is 0. The Balaban J connectivity index is 1.66. The van der Waals surface area contributed by atoms with Crippen molar-refractivity contribution in [3.8, 4) is 5.75 Å².